The highest BCUT2D eigenvalue weighted by Crippen LogP contribution is 2.38. The number of esters is 1. The van der Waals surface area contributed by atoms with E-state index in [4.69, 9.17) is 30.9 Å². The quantitative estimate of drug-likeness (QED) is 0.107. The van der Waals surface area contributed by atoms with Crippen molar-refractivity contribution in [2.45, 2.75) is 19.6 Å². The van der Waals surface area contributed by atoms with E-state index in [0.717, 1.165) is 22.3 Å². The molecular formula is C38H28ClNO8. The van der Waals surface area contributed by atoms with Gasteiger partial charge in [0, 0.05) is 16.1 Å². The van der Waals surface area contributed by atoms with Crippen molar-refractivity contribution in [3.05, 3.63) is 153 Å². The molecule has 0 saturated heterocycles. The lowest BCUT2D eigenvalue weighted by Crippen LogP contribution is -2.20. The number of hydrogen-bond donors (Lipinski definition) is 2. The highest BCUT2D eigenvalue weighted by molar-refractivity contribution is 6.32. The molecule has 5 aromatic rings. The minimum absolute atomic E-state index is 0.0299. The van der Waals surface area contributed by atoms with Crippen LogP contribution in [0.4, 0.5) is 10.5 Å². The number of rotatable bonds is 11. The van der Waals surface area contributed by atoms with Gasteiger partial charge in [0.2, 0.25) is 0 Å². The Hall–Kier alpha value is -5.93. The van der Waals surface area contributed by atoms with Crippen LogP contribution in [-0.4, -0.2) is 35.5 Å². The van der Waals surface area contributed by atoms with Gasteiger partial charge in [-0.3, -0.25) is 10.1 Å². The maximum atomic E-state index is 13.7. The van der Waals surface area contributed by atoms with Crippen molar-refractivity contribution < 1.29 is 38.5 Å². The van der Waals surface area contributed by atoms with Gasteiger partial charge in [0.1, 0.15) is 19.0 Å². The second-order valence-corrected chi connectivity index (χ2v) is 11.4. The lowest BCUT2D eigenvalue weighted by atomic mass is 9.98. The summed E-state index contributed by atoms with van der Waals surface area (Å²) in [4.78, 5) is 51.3. The van der Waals surface area contributed by atoms with E-state index in [9.17, 15) is 19.2 Å². The summed E-state index contributed by atoms with van der Waals surface area (Å²) in [5, 5.41) is 11.6. The molecule has 0 spiro atoms. The first-order valence-electron chi connectivity index (χ1n) is 14.9. The van der Waals surface area contributed by atoms with Gasteiger partial charge in [-0.05, 0) is 64.1 Å². The van der Waals surface area contributed by atoms with E-state index in [1.165, 1.54) is 23.8 Å². The number of benzene rings is 5. The van der Waals surface area contributed by atoms with Gasteiger partial charge in [-0.2, -0.15) is 0 Å². The molecule has 1 aliphatic carbocycles. The molecule has 0 saturated carbocycles. The Morgan fingerprint density at radius 2 is 1.48 bits per heavy atom. The number of halogens is 1. The van der Waals surface area contributed by atoms with Gasteiger partial charge in [0.15, 0.2) is 12.4 Å². The third-order valence-corrected chi connectivity index (χ3v) is 7.99. The third-order valence-electron chi connectivity index (χ3n) is 7.77. The summed E-state index contributed by atoms with van der Waals surface area (Å²) in [6.45, 7) is -0.795. The molecule has 10 heteroatoms. The van der Waals surface area contributed by atoms with Crippen LogP contribution in [0, 0.1) is 0 Å². The number of amides is 1. The van der Waals surface area contributed by atoms with Crippen LogP contribution in [-0.2, 0) is 33.9 Å². The molecule has 9 nitrogen and oxygen atoms in total. The molecule has 240 valence electrons. The first kappa shape index (κ1) is 32.0. The summed E-state index contributed by atoms with van der Waals surface area (Å²) in [5.74, 6) is -2.21. The Bertz CT molecular complexity index is 2040. The van der Waals surface area contributed by atoms with E-state index in [0.29, 0.717) is 17.5 Å². The van der Waals surface area contributed by atoms with E-state index in [1.54, 1.807) is 48.5 Å². The second-order valence-electron chi connectivity index (χ2n) is 11.0. The molecule has 0 heterocycles. The molecule has 0 radical (unpaired) electrons. The summed E-state index contributed by atoms with van der Waals surface area (Å²) >= 11 is 6.40. The minimum Gasteiger partial charge on any atom is -0.482 e. The van der Waals surface area contributed by atoms with E-state index >= 15 is 0 Å². The standard InChI is InChI=1S/C38H28ClNO8/c39-27-18-32(36(43)24-9-2-1-3-10-24)35(33(19-27)37(44)47-20-23-8-6-13-28(16-23)46-22-34(41)42)40-38(45)48-21-26-12-7-15-30-29-14-5-4-11-25(29)17-31(26)30/h1-16,18-19H,17,20-22H2,(H,40,45)(H,41,42). The number of fused-ring (bicyclic) bond motifs is 3. The average molecular weight is 662 g/mol. The van der Waals surface area contributed by atoms with Crippen molar-refractivity contribution in [3.63, 3.8) is 0 Å². The van der Waals surface area contributed by atoms with Crippen LogP contribution in [0.1, 0.15) is 48.5 Å². The highest BCUT2D eigenvalue weighted by atomic mass is 35.5. The summed E-state index contributed by atoms with van der Waals surface area (Å²) in [7, 11) is 0. The Kier molecular flexibility index (Phi) is 9.50. The SMILES string of the molecule is O=C(O)COc1cccc(COC(=O)c2cc(Cl)cc(C(=O)c3ccccc3)c2NC(=O)OCc2cccc3c2Cc2ccccc2-3)c1. The molecule has 1 amide bonds. The zero-order valence-corrected chi connectivity index (χ0v) is 26.2. The number of ketones is 1. The molecule has 5 aromatic carbocycles. The topological polar surface area (TPSA) is 128 Å². The number of carbonyl (C=O) groups excluding carboxylic acids is 3. The van der Waals surface area contributed by atoms with Crippen LogP contribution in [0.25, 0.3) is 11.1 Å². The number of aliphatic carboxylic acids is 1. The molecule has 0 fully saturated rings. The Morgan fingerprint density at radius 1 is 0.750 bits per heavy atom. The number of carbonyl (C=O) groups is 4. The third kappa shape index (κ3) is 7.22. The smallest absolute Gasteiger partial charge is 0.411 e. The predicted molar refractivity (Wildman–Crippen MR) is 179 cm³/mol. The van der Waals surface area contributed by atoms with Crippen LogP contribution >= 0.6 is 11.6 Å². The van der Waals surface area contributed by atoms with Gasteiger partial charge in [-0.25, -0.2) is 14.4 Å². The molecule has 0 bridgehead atoms. The normalized spacial score (nSPS) is 11.2. The lowest BCUT2D eigenvalue weighted by Gasteiger charge is -2.17. The fourth-order valence-corrected chi connectivity index (χ4v) is 5.78. The van der Waals surface area contributed by atoms with Gasteiger partial charge in [-0.1, -0.05) is 96.5 Å². The fraction of sp³-hybridized carbons (Fsp3) is 0.105. The number of anilines is 1. The van der Waals surface area contributed by atoms with Gasteiger partial charge in [-0.15, -0.1) is 0 Å². The van der Waals surface area contributed by atoms with E-state index in [1.807, 2.05) is 30.3 Å². The zero-order chi connectivity index (χ0) is 33.6. The Labute approximate surface area is 280 Å². The molecule has 0 unspecified atom stereocenters. The summed E-state index contributed by atoms with van der Waals surface area (Å²) in [5.41, 5.74) is 5.85. The van der Waals surface area contributed by atoms with E-state index < -0.39 is 30.4 Å². The maximum absolute atomic E-state index is 13.7. The molecule has 0 aliphatic heterocycles. The number of carboxylic acids is 1. The number of nitrogens with one attached hydrogen (secondary N) is 1. The van der Waals surface area contributed by atoms with Crippen molar-refractivity contribution in [3.8, 4) is 16.9 Å². The fourth-order valence-electron chi connectivity index (χ4n) is 5.56. The van der Waals surface area contributed by atoms with E-state index in [2.05, 4.69) is 17.4 Å². The van der Waals surface area contributed by atoms with Crippen LogP contribution in [0.5, 0.6) is 5.75 Å². The minimum atomic E-state index is -1.13. The first-order chi connectivity index (χ1) is 23.3. The average Bonchev–Trinajstić information content (AvgIpc) is 3.49. The summed E-state index contributed by atoms with van der Waals surface area (Å²) < 4.78 is 16.4. The van der Waals surface area contributed by atoms with Crippen molar-refractivity contribution in [1.29, 1.82) is 0 Å². The largest absolute Gasteiger partial charge is 0.482 e. The Morgan fingerprint density at radius 3 is 2.29 bits per heavy atom. The van der Waals surface area contributed by atoms with Gasteiger partial charge >= 0.3 is 18.0 Å². The number of carboxylic acid groups (broad SMARTS) is 1. The van der Waals surface area contributed by atoms with Gasteiger partial charge in [0.05, 0.1) is 11.3 Å². The van der Waals surface area contributed by atoms with Gasteiger partial charge in [0.25, 0.3) is 0 Å². The lowest BCUT2D eigenvalue weighted by molar-refractivity contribution is -0.139. The van der Waals surface area contributed by atoms with E-state index in [-0.39, 0.29) is 40.8 Å². The van der Waals surface area contributed by atoms with Crippen molar-refractivity contribution in [2.24, 2.45) is 0 Å². The monoisotopic (exact) mass is 661 g/mol. The Balaban J connectivity index is 1.24. The first-order valence-corrected chi connectivity index (χ1v) is 15.3. The predicted octanol–water partition coefficient (Wildman–Crippen LogP) is 7.71. The number of ether oxygens (including phenoxy) is 3. The number of hydrogen-bond acceptors (Lipinski definition) is 7. The molecule has 6 rings (SSSR count). The molecule has 2 N–H and O–H groups in total. The zero-order valence-electron chi connectivity index (χ0n) is 25.4. The van der Waals surface area contributed by atoms with Crippen LogP contribution in [0.3, 0.4) is 0 Å². The van der Waals surface area contributed by atoms with Gasteiger partial charge < -0.3 is 19.3 Å². The van der Waals surface area contributed by atoms with Crippen LogP contribution in [0.15, 0.2) is 109 Å². The molecule has 0 aromatic heterocycles. The molecule has 0 atom stereocenters. The van der Waals surface area contributed by atoms with Crippen molar-refractivity contribution in [2.75, 3.05) is 11.9 Å². The molecular weight excluding hydrogens is 634 g/mol. The molecule has 48 heavy (non-hydrogen) atoms. The second kappa shape index (κ2) is 14.2. The van der Waals surface area contributed by atoms with Crippen LogP contribution in [0.2, 0.25) is 5.02 Å². The highest BCUT2D eigenvalue weighted by Gasteiger charge is 2.26. The maximum Gasteiger partial charge on any atom is 0.411 e. The summed E-state index contributed by atoms with van der Waals surface area (Å²) in [6.07, 6.45) is -0.172. The van der Waals surface area contributed by atoms with Crippen molar-refractivity contribution in [1.82, 2.24) is 0 Å². The van der Waals surface area contributed by atoms with Crippen molar-refractivity contribution >= 4 is 41.1 Å². The van der Waals surface area contributed by atoms with Crippen LogP contribution < -0.4 is 10.1 Å². The molecule has 1 aliphatic rings. The summed E-state index contributed by atoms with van der Waals surface area (Å²) in [6, 6.07) is 31.4.